The second-order valence-electron chi connectivity index (χ2n) is 8.08. The van der Waals surface area contributed by atoms with E-state index in [1.165, 1.54) is 0 Å². The fourth-order valence-electron chi connectivity index (χ4n) is 2.41. The van der Waals surface area contributed by atoms with E-state index in [-0.39, 0.29) is 0 Å². The lowest BCUT2D eigenvalue weighted by atomic mass is 10.0. The van der Waals surface area contributed by atoms with Gasteiger partial charge in [0.15, 0.2) is 18.3 Å². The van der Waals surface area contributed by atoms with E-state index in [0.717, 1.165) is 13.8 Å². The van der Waals surface area contributed by atoms with Crippen LogP contribution in [0.2, 0.25) is 0 Å². The first-order chi connectivity index (χ1) is 20.3. The third-order valence-electron chi connectivity index (χ3n) is 4.09. The van der Waals surface area contributed by atoms with Gasteiger partial charge in [-0.15, -0.1) is 0 Å². The van der Waals surface area contributed by atoms with Crippen molar-refractivity contribution in [3.63, 3.8) is 0 Å². The van der Waals surface area contributed by atoms with Gasteiger partial charge >= 0.3 is 66.7 Å². The molecule has 4 unspecified atom stereocenters. The molecule has 0 radical (unpaired) electrons. The van der Waals surface area contributed by atoms with E-state index in [9.17, 15) is 94.6 Å². The van der Waals surface area contributed by atoms with Gasteiger partial charge in [0.25, 0.3) is 0 Å². The molecule has 0 saturated heterocycles. The Bertz CT molecular complexity index is 1140. The first-order valence-corrected chi connectivity index (χ1v) is 10.9. The molecule has 0 aromatic carbocycles. The van der Waals surface area contributed by atoms with E-state index >= 15 is 0 Å². The zero-order chi connectivity index (χ0) is 36.8. The fourth-order valence-corrected chi connectivity index (χ4v) is 2.41. The van der Waals surface area contributed by atoms with Gasteiger partial charge in [0.1, 0.15) is 6.61 Å². The van der Waals surface area contributed by atoms with Crippen LogP contribution in [0.5, 0.6) is 0 Å². The summed E-state index contributed by atoms with van der Waals surface area (Å²) in [4.78, 5) is 69.4. The first-order valence-electron chi connectivity index (χ1n) is 10.9. The minimum atomic E-state index is -6.45. The van der Waals surface area contributed by atoms with Crippen molar-refractivity contribution >= 4 is 35.8 Å². The van der Waals surface area contributed by atoms with Gasteiger partial charge in [0.2, 0.25) is 6.10 Å². The highest BCUT2D eigenvalue weighted by atomic mass is 19.4. The van der Waals surface area contributed by atoms with Crippen molar-refractivity contribution < 1.29 is 123 Å². The summed E-state index contributed by atoms with van der Waals surface area (Å²) in [5, 5.41) is 0. The Labute approximate surface area is 241 Å². The number of alkyl halides is 15. The number of ether oxygens (including phenoxy) is 6. The Balaban J connectivity index is 7.73. The van der Waals surface area contributed by atoms with Crippen LogP contribution in [0, 0.1) is 0 Å². The Hall–Kier alpha value is -4.23. The second-order valence-corrected chi connectivity index (χ2v) is 8.08. The zero-order valence-electron chi connectivity index (χ0n) is 21.7. The van der Waals surface area contributed by atoms with Gasteiger partial charge in [0, 0.05) is 0 Å². The SMILES string of the molecule is CC(C)OC(=O)C(OC(=O)C(F)(F)F)C(OC(=O)C(F)(F)F)C(OC(=O)C(F)(F)F)C(COC(=O)C(F)(F)F)OC(=O)C(F)(F)F. The lowest BCUT2D eigenvalue weighted by Crippen LogP contribution is -2.58. The molecule has 0 fully saturated rings. The molecule has 0 rings (SSSR count). The predicted octanol–water partition coefficient (Wildman–Crippen LogP) is 2.94. The lowest BCUT2D eigenvalue weighted by molar-refractivity contribution is -0.252. The van der Waals surface area contributed by atoms with E-state index in [1.54, 1.807) is 0 Å². The minimum Gasteiger partial charge on any atom is -0.460 e. The van der Waals surface area contributed by atoms with Crippen LogP contribution in [0.25, 0.3) is 0 Å². The van der Waals surface area contributed by atoms with Crippen LogP contribution in [-0.4, -0.2) is 104 Å². The van der Waals surface area contributed by atoms with Crippen molar-refractivity contribution in [1.82, 2.24) is 0 Å². The molecule has 12 nitrogen and oxygen atoms in total. The summed E-state index contributed by atoms with van der Waals surface area (Å²) < 4.78 is 214. The zero-order valence-corrected chi connectivity index (χ0v) is 21.7. The summed E-state index contributed by atoms with van der Waals surface area (Å²) in [5.74, 6) is -21.3. The summed E-state index contributed by atoms with van der Waals surface area (Å²) in [6.07, 6.45) is -50.0. The molecular formula is C19H13F15O12. The number of rotatable bonds is 11. The lowest BCUT2D eigenvalue weighted by Gasteiger charge is -2.35. The molecule has 0 bridgehead atoms. The predicted molar refractivity (Wildman–Crippen MR) is 102 cm³/mol. The Kier molecular flexibility index (Phi) is 13.5. The van der Waals surface area contributed by atoms with Crippen LogP contribution in [-0.2, 0) is 57.2 Å². The van der Waals surface area contributed by atoms with Crippen molar-refractivity contribution in [2.75, 3.05) is 6.61 Å². The van der Waals surface area contributed by atoms with Crippen molar-refractivity contribution in [2.45, 2.75) is 75.2 Å². The average molecular weight is 718 g/mol. The molecule has 0 aliphatic carbocycles. The summed E-state index contributed by atoms with van der Waals surface area (Å²) >= 11 is 0. The molecule has 0 N–H and O–H groups in total. The second kappa shape index (κ2) is 14.9. The molecule has 4 atom stereocenters. The van der Waals surface area contributed by atoms with Gasteiger partial charge in [-0.2, -0.15) is 65.9 Å². The standard InChI is InChI=1S/C19H13F15O12/c1-4(2)42-9(35)8(46-14(40)19(32,33)34)7(45-13(39)18(29,30)31)6(44-12(38)17(26,27)28)5(43-11(37)16(23,24)25)3-41-10(36)15(20,21)22/h4-8H,3H2,1-2H3. The van der Waals surface area contributed by atoms with Gasteiger partial charge in [-0.25, -0.2) is 28.8 Å². The highest BCUT2D eigenvalue weighted by Crippen LogP contribution is 2.30. The molecule has 0 spiro atoms. The maximum Gasteiger partial charge on any atom is 0.490 e. The van der Waals surface area contributed by atoms with E-state index in [0.29, 0.717) is 0 Å². The van der Waals surface area contributed by atoms with Gasteiger partial charge in [-0.3, -0.25) is 0 Å². The van der Waals surface area contributed by atoms with Crippen LogP contribution in [0.15, 0.2) is 0 Å². The molecule has 27 heteroatoms. The Morgan fingerprint density at radius 2 is 0.783 bits per heavy atom. The van der Waals surface area contributed by atoms with E-state index < -0.39 is 104 Å². The molecule has 0 aliphatic rings. The quantitative estimate of drug-likeness (QED) is 0.175. The monoisotopic (exact) mass is 718 g/mol. The molecule has 0 aromatic rings. The highest BCUT2D eigenvalue weighted by Gasteiger charge is 2.57. The molecule has 266 valence electrons. The maximum absolute atomic E-state index is 13.0. The summed E-state index contributed by atoms with van der Waals surface area (Å²) in [6, 6.07) is 0. The smallest absolute Gasteiger partial charge is 0.460 e. The Morgan fingerprint density at radius 1 is 0.457 bits per heavy atom. The van der Waals surface area contributed by atoms with Crippen LogP contribution in [0.4, 0.5) is 65.9 Å². The fraction of sp³-hybridized carbons (Fsp3) is 0.684. The molecule has 0 aliphatic heterocycles. The van der Waals surface area contributed by atoms with Crippen molar-refractivity contribution in [3.8, 4) is 0 Å². The van der Waals surface area contributed by atoms with Crippen LogP contribution >= 0.6 is 0 Å². The molecule has 46 heavy (non-hydrogen) atoms. The van der Waals surface area contributed by atoms with Crippen LogP contribution in [0.1, 0.15) is 13.8 Å². The van der Waals surface area contributed by atoms with E-state index in [2.05, 4.69) is 28.4 Å². The molecule has 0 amide bonds. The number of esters is 6. The number of halogens is 15. The van der Waals surface area contributed by atoms with Crippen LogP contribution in [0.3, 0.4) is 0 Å². The first kappa shape index (κ1) is 41.8. The Morgan fingerprint density at radius 3 is 1.13 bits per heavy atom. The van der Waals surface area contributed by atoms with Crippen molar-refractivity contribution in [3.05, 3.63) is 0 Å². The summed E-state index contributed by atoms with van der Waals surface area (Å²) in [5.41, 5.74) is 0. The van der Waals surface area contributed by atoms with Gasteiger partial charge < -0.3 is 28.4 Å². The third-order valence-corrected chi connectivity index (χ3v) is 4.09. The summed E-state index contributed by atoms with van der Waals surface area (Å²) in [6.45, 7) is -1.19. The van der Waals surface area contributed by atoms with Gasteiger partial charge in [-0.05, 0) is 13.8 Å². The van der Waals surface area contributed by atoms with E-state index in [1.807, 2.05) is 0 Å². The number of carbonyl (C=O) groups excluding carboxylic acids is 6. The van der Waals surface area contributed by atoms with Crippen LogP contribution < -0.4 is 0 Å². The molecule has 0 heterocycles. The normalized spacial score (nSPS) is 15.5. The van der Waals surface area contributed by atoms with Crippen molar-refractivity contribution in [1.29, 1.82) is 0 Å². The van der Waals surface area contributed by atoms with Crippen molar-refractivity contribution in [2.24, 2.45) is 0 Å². The highest BCUT2D eigenvalue weighted by molar-refractivity contribution is 5.84. The topological polar surface area (TPSA) is 158 Å². The molecular weight excluding hydrogens is 705 g/mol. The van der Waals surface area contributed by atoms with Gasteiger partial charge in [-0.1, -0.05) is 0 Å². The third kappa shape index (κ3) is 13.4. The number of hydrogen-bond acceptors (Lipinski definition) is 12. The minimum absolute atomic E-state index is 0.781. The number of hydrogen-bond donors (Lipinski definition) is 0. The molecule has 0 saturated carbocycles. The largest absolute Gasteiger partial charge is 0.490 e. The van der Waals surface area contributed by atoms with E-state index in [4.69, 9.17) is 0 Å². The average Bonchev–Trinajstić information content (AvgIpc) is 2.83. The van der Waals surface area contributed by atoms with Gasteiger partial charge in [0.05, 0.1) is 6.10 Å². The molecule has 0 aromatic heterocycles. The summed E-state index contributed by atoms with van der Waals surface area (Å²) in [7, 11) is 0. The number of carbonyl (C=O) groups is 6. The maximum atomic E-state index is 13.0.